The van der Waals surface area contributed by atoms with E-state index in [1.54, 1.807) is 0 Å². The second-order valence-corrected chi connectivity index (χ2v) is 6.92. The topological polar surface area (TPSA) is 36.1 Å². The van der Waals surface area contributed by atoms with Crippen molar-refractivity contribution in [2.75, 3.05) is 6.54 Å². The van der Waals surface area contributed by atoms with Crippen LogP contribution in [0.15, 0.2) is 18.2 Å². The van der Waals surface area contributed by atoms with Crippen molar-refractivity contribution in [2.45, 2.75) is 52.0 Å². The maximum absolute atomic E-state index is 12.8. The number of hydrogen-bond donors (Lipinski definition) is 1. The molecule has 0 atom stereocenters. The lowest BCUT2D eigenvalue weighted by molar-refractivity contribution is -0.137. The Kier molecular flexibility index (Phi) is 3.44. The molecule has 4 rings (SSSR count). The van der Waals surface area contributed by atoms with Crippen molar-refractivity contribution < 1.29 is 4.79 Å². The van der Waals surface area contributed by atoms with E-state index in [2.05, 4.69) is 35.0 Å². The number of H-pyrrole nitrogens is 1. The number of hydrogen-bond acceptors (Lipinski definition) is 1. The van der Waals surface area contributed by atoms with Gasteiger partial charge in [-0.15, -0.1) is 0 Å². The SMILES string of the molecule is Cc1cccc2c3c([nH]c12)CCN(C(=O)C1CCCCC1)C3. The van der Waals surface area contributed by atoms with Gasteiger partial charge in [0.2, 0.25) is 5.91 Å². The highest BCUT2D eigenvalue weighted by molar-refractivity contribution is 5.88. The third kappa shape index (κ3) is 2.23. The number of para-hydroxylation sites is 1. The van der Waals surface area contributed by atoms with Gasteiger partial charge in [-0.25, -0.2) is 0 Å². The molecule has 1 aromatic heterocycles. The molecule has 3 nitrogen and oxygen atoms in total. The molecule has 1 N–H and O–H groups in total. The summed E-state index contributed by atoms with van der Waals surface area (Å²) in [6.45, 7) is 3.80. The summed E-state index contributed by atoms with van der Waals surface area (Å²) in [6, 6.07) is 6.45. The van der Waals surface area contributed by atoms with Crippen LogP contribution in [0.4, 0.5) is 0 Å². The maximum Gasteiger partial charge on any atom is 0.225 e. The molecule has 3 heteroatoms. The van der Waals surface area contributed by atoms with Crippen LogP contribution in [0.25, 0.3) is 10.9 Å². The van der Waals surface area contributed by atoms with Gasteiger partial charge in [-0.05, 0) is 25.3 Å². The van der Waals surface area contributed by atoms with Crippen LogP contribution in [0.2, 0.25) is 0 Å². The molecular weight excluding hydrogens is 272 g/mol. The van der Waals surface area contributed by atoms with E-state index in [-0.39, 0.29) is 5.92 Å². The molecule has 116 valence electrons. The van der Waals surface area contributed by atoms with Crippen LogP contribution in [0, 0.1) is 12.8 Å². The average Bonchev–Trinajstić information content (AvgIpc) is 2.94. The highest BCUT2D eigenvalue weighted by Gasteiger charge is 2.29. The molecule has 2 heterocycles. The minimum atomic E-state index is 0.280. The lowest BCUT2D eigenvalue weighted by Gasteiger charge is -2.32. The fraction of sp³-hybridized carbons (Fsp3) is 0.526. The number of carbonyl (C=O) groups is 1. The highest BCUT2D eigenvalue weighted by Crippen LogP contribution is 2.32. The van der Waals surface area contributed by atoms with Crippen molar-refractivity contribution in [3.63, 3.8) is 0 Å². The van der Waals surface area contributed by atoms with Crippen LogP contribution in [0.5, 0.6) is 0 Å². The molecule has 1 amide bonds. The summed E-state index contributed by atoms with van der Waals surface area (Å²) in [5, 5.41) is 1.30. The number of carbonyl (C=O) groups excluding carboxylic acids is 1. The van der Waals surface area contributed by atoms with Crippen molar-refractivity contribution in [3.8, 4) is 0 Å². The first-order chi connectivity index (χ1) is 10.7. The van der Waals surface area contributed by atoms with Gasteiger partial charge in [-0.2, -0.15) is 0 Å². The Balaban J connectivity index is 1.62. The smallest absolute Gasteiger partial charge is 0.225 e. The lowest BCUT2D eigenvalue weighted by atomic mass is 9.87. The minimum Gasteiger partial charge on any atom is -0.358 e. The van der Waals surface area contributed by atoms with Gasteiger partial charge in [0.25, 0.3) is 0 Å². The Morgan fingerprint density at radius 3 is 2.86 bits per heavy atom. The molecule has 1 aliphatic heterocycles. The van der Waals surface area contributed by atoms with E-state index in [4.69, 9.17) is 0 Å². The fourth-order valence-corrected chi connectivity index (χ4v) is 4.18. The molecule has 1 aromatic carbocycles. The summed E-state index contributed by atoms with van der Waals surface area (Å²) in [4.78, 5) is 18.5. The van der Waals surface area contributed by atoms with Gasteiger partial charge in [-0.1, -0.05) is 37.5 Å². The standard InChI is InChI=1S/C19H24N2O/c1-13-6-5-9-15-16-12-21(11-10-17(16)20-18(13)15)19(22)14-7-3-2-4-8-14/h5-6,9,14,20H,2-4,7-8,10-12H2,1H3. The van der Waals surface area contributed by atoms with Crippen LogP contribution in [0.3, 0.4) is 0 Å². The Labute approximate surface area is 131 Å². The van der Waals surface area contributed by atoms with Crippen molar-refractivity contribution >= 4 is 16.8 Å². The van der Waals surface area contributed by atoms with E-state index in [1.807, 2.05) is 0 Å². The molecule has 0 spiro atoms. The number of aryl methyl sites for hydroxylation is 1. The van der Waals surface area contributed by atoms with Crippen molar-refractivity contribution in [3.05, 3.63) is 35.0 Å². The Morgan fingerprint density at radius 2 is 2.05 bits per heavy atom. The third-order valence-corrected chi connectivity index (χ3v) is 5.48. The average molecular weight is 296 g/mol. The van der Waals surface area contributed by atoms with Crippen LogP contribution in [-0.2, 0) is 17.8 Å². The molecule has 1 fully saturated rings. The Morgan fingerprint density at radius 1 is 1.23 bits per heavy atom. The molecule has 0 bridgehead atoms. The zero-order valence-corrected chi connectivity index (χ0v) is 13.3. The van der Waals surface area contributed by atoms with Crippen LogP contribution >= 0.6 is 0 Å². The van der Waals surface area contributed by atoms with Crippen molar-refractivity contribution in [2.24, 2.45) is 5.92 Å². The quantitative estimate of drug-likeness (QED) is 0.850. The minimum absolute atomic E-state index is 0.280. The predicted molar refractivity (Wildman–Crippen MR) is 88.7 cm³/mol. The normalized spacial score (nSPS) is 19.4. The van der Waals surface area contributed by atoms with Crippen LogP contribution in [0.1, 0.15) is 48.9 Å². The number of fused-ring (bicyclic) bond motifs is 3. The van der Waals surface area contributed by atoms with Gasteiger partial charge >= 0.3 is 0 Å². The van der Waals surface area contributed by atoms with E-state index in [0.717, 1.165) is 32.4 Å². The van der Waals surface area contributed by atoms with E-state index in [0.29, 0.717) is 5.91 Å². The number of rotatable bonds is 1. The second kappa shape index (κ2) is 5.45. The largest absolute Gasteiger partial charge is 0.358 e. The van der Waals surface area contributed by atoms with Gasteiger partial charge in [0.1, 0.15) is 0 Å². The number of nitrogens with zero attached hydrogens (tertiary/aromatic N) is 1. The summed E-state index contributed by atoms with van der Waals surface area (Å²) < 4.78 is 0. The first-order valence-electron chi connectivity index (χ1n) is 8.62. The lowest BCUT2D eigenvalue weighted by Crippen LogP contribution is -2.40. The molecule has 0 radical (unpaired) electrons. The molecule has 2 aliphatic rings. The summed E-state index contributed by atoms with van der Waals surface area (Å²) in [7, 11) is 0. The van der Waals surface area contributed by atoms with Crippen molar-refractivity contribution in [1.82, 2.24) is 9.88 Å². The van der Waals surface area contributed by atoms with E-state index < -0.39 is 0 Å². The summed E-state index contributed by atoms with van der Waals surface area (Å²) >= 11 is 0. The number of amides is 1. The number of benzene rings is 1. The molecule has 2 aromatic rings. The summed E-state index contributed by atoms with van der Waals surface area (Å²) in [5.74, 6) is 0.676. The second-order valence-electron chi connectivity index (χ2n) is 6.92. The zero-order chi connectivity index (χ0) is 15.1. The molecule has 22 heavy (non-hydrogen) atoms. The first kappa shape index (κ1) is 13.9. The molecule has 0 unspecified atom stereocenters. The highest BCUT2D eigenvalue weighted by atomic mass is 16.2. The van der Waals surface area contributed by atoms with Gasteiger partial charge in [0, 0.05) is 47.6 Å². The summed E-state index contributed by atoms with van der Waals surface area (Å²) in [5.41, 5.74) is 5.21. The molecule has 0 saturated heterocycles. The van der Waals surface area contributed by atoms with Crippen LogP contribution in [-0.4, -0.2) is 22.3 Å². The number of aromatic amines is 1. The van der Waals surface area contributed by atoms with Gasteiger partial charge < -0.3 is 9.88 Å². The first-order valence-corrected chi connectivity index (χ1v) is 8.62. The van der Waals surface area contributed by atoms with Gasteiger partial charge in [0.05, 0.1) is 0 Å². The van der Waals surface area contributed by atoms with E-state index in [9.17, 15) is 4.79 Å². The Bertz CT molecular complexity index is 710. The van der Waals surface area contributed by atoms with E-state index in [1.165, 1.54) is 47.0 Å². The monoisotopic (exact) mass is 296 g/mol. The number of nitrogens with one attached hydrogen (secondary N) is 1. The van der Waals surface area contributed by atoms with Gasteiger partial charge in [0.15, 0.2) is 0 Å². The molecular formula is C19H24N2O. The third-order valence-electron chi connectivity index (χ3n) is 5.48. The zero-order valence-electron chi connectivity index (χ0n) is 13.3. The number of aromatic nitrogens is 1. The van der Waals surface area contributed by atoms with Crippen LogP contribution < -0.4 is 0 Å². The van der Waals surface area contributed by atoms with Crippen molar-refractivity contribution in [1.29, 1.82) is 0 Å². The van der Waals surface area contributed by atoms with Gasteiger partial charge in [-0.3, -0.25) is 4.79 Å². The maximum atomic E-state index is 12.8. The molecule has 1 saturated carbocycles. The molecule has 1 aliphatic carbocycles. The predicted octanol–water partition coefficient (Wildman–Crippen LogP) is 3.94. The fourth-order valence-electron chi connectivity index (χ4n) is 4.18. The Hall–Kier alpha value is -1.77. The summed E-state index contributed by atoms with van der Waals surface area (Å²) in [6.07, 6.45) is 6.89. The van der Waals surface area contributed by atoms with E-state index >= 15 is 0 Å².